The average molecular weight is 310 g/mol. The quantitative estimate of drug-likeness (QED) is 0.769. The largest absolute Gasteiger partial charge is 0.347 e. The fourth-order valence-corrected chi connectivity index (χ4v) is 3.68. The number of rotatable bonds is 3. The van der Waals surface area contributed by atoms with Crippen molar-refractivity contribution in [3.8, 4) is 0 Å². The lowest BCUT2D eigenvalue weighted by molar-refractivity contribution is -0.186. The van der Waals surface area contributed by atoms with Crippen molar-refractivity contribution in [2.24, 2.45) is 0 Å². The average Bonchev–Trinajstić information content (AvgIpc) is 3.16. The van der Waals surface area contributed by atoms with Crippen LogP contribution in [0.2, 0.25) is 0 Å². The molecule has 3 aliphatic rings. The van der Waals surface area contributed by atoms with Gasteiger partial charge in [-0.05, 0) is 25.7 Å². The minimum atomic E-state index is -0.569. The van der Waals surface area contributed by atoms with Crippen molar-refractivity contribution in [3.05, 3.63) is 0 Å². The molecule has 3 rings (SSSR count). The number of ether oxygens (including phenoxy) is 2. The van der Waals surface area contributed by atoms with Gasteiger partial charge in [-0.1, -0.05) is 19.3 Å². The molecule has 2 amide bonds. The zero-order valence-corrected chi connectivity index (χ0v) is 13.1. The van der Waals surface area contributed by atoms with Gasteiger partial charge in [-0.25, -0.2) is 0 Å². The molecule has 6 nitrogen and oxygen atoms in total. The van der Waals surface area contributed by atoms with Gasteiger partial charge in [-0.3, -0.25) is 9.59 Å². The van der Waals surface area contributed by atoms with Crippen LogP contribution in [0.25, 0.3) is 0 Å². The summed E-state index contributed by atoms with van der Waals surface area (Å²) in [6.07, 6.45) is 9.40. The molecule has 2 saturated carbocycles. The SMILES string of the molecule is O=C(NCC1COC2(CCCCC2)O1)C(=O)NC1CCCC1. The molecule has 1 aliphatic heterocycles. The van der Waals surface area contributed by atoms with Gasteiger partial charge in [0.15, 0.2) is 5.79 Å². The van der Waals surface area contributed by atoms with E-state index in [0.29, 0.717) is 13.2 Å². The van der Waals surface area contributed by atoms with Crippen LogP contribution >= 0.6 is 0 Å². The van der Waals surface area contributed by atoms with Gasteiger partial charge in [-0.2, -0.15) is 0 Å². The van der Waals surface area contributed by atoms with Gasteiger partial charge in [0, 0.05) is 25.4 Å². The Bertz CT molecular complexity index is 414. The van der Waals surface area contributed by atoms with Crippen molar-refractivity contribution in [3.63, 3.8) is 0 Å². The molecule has 2 N–H and O–H groups in total. The Balaban J connectivity index is 1.38. The van der Waals surface area contributed by atoms with E-state index in [-0.39, 0.29) is 12.1 Å². The molecule has 2 aliphatic carbocycles. The van der Waals surface area contributed by atoms with Crippen LogP contribution in [0.3, 0.4) is 0 Å². The highest BCUT2D eigenvalue weighted by Gasteiger charge is 2.42. The van der Waals surface area contributed by atoms with Crippen LogP contribution in [0.4, 0.5) is 0 Å². The Hall–Kier alpha value is -1.14. The number of hydrogen-bond acceptors (Lipinski definition) is 4. The first-order chi connectivity index (χ1) is 10.7. The van der Waals surface area contributed by atoms with E-state index in [4.69, 9.17) is 9.47 Å². The van der Waals surface area contributed by atoms with Gasteiger partial charge in [0.1, 0.15) is 6.10 Å². The molecule has 1 saturated heterocycles. The first kappa shape index (κ1) is 15.7. The third-order valence-corrected chi connectivity index (χ3v) is 4.92. The van der Waals surface area contributed by atoms with E-state index < -0.39 is 17.6 Å². The predicted octanol–water partition coefficient (Wildman–Crippen LogP) is 1.24. The molecule has 124 valence electrons. The number of hydrogen-bond donors (Lipinski definition) is 2. The zero-order chi connectivity index (χ0) is 15.4. The molecular weight excluding hydrogens is 284 g/mol. The maximum absolute atomic E-state index is 11.8. The Morgan fingerprint density at radius 3 is 2.45 bits per heavy atom. The first-order valence-electron chi connectivity index (χ1n) is 8.57. The number of carbonyl (C=O) groups is 2. The van der Waals surface area contributed by atoms with Crippen LogP contribution in [0.15, 0.2) is 0 Å². The molecule has 6 heteroatoms. The summed E-state index contributed by atoms with van der Waals surface area (Å²) in [5, 5.41) is 5.45. The number of nitrogens with one attached hydrogen (secondary N) is 2. The summed E-state index contributed by atoms with van der Waals surface area (Å²) in [5.41, 5.74) is 0. The first-order valence-corrected chi connectivity index (χ1v) is 8.57. The van der Waals surface area contributed by atoms with Gasteiger partial charge in [0.2, 0.25) is 0 Å². The summed E-state index contributed by atoms with van der Waals surface area (Å²) in [4.78, 5) is 23.6. The van der Waals surface area contributed by atoms with Crippen molar-refractivity contribution in [1.29, 1.82) is 0 Å². The molecule has 0 aromatic carbocycles. The van der Waals surface area contributed by atoms with E-state index in [1.807, 2.05) is 0 Å². The minimum Gasteiger partial charge on any atom is -0.347 e. The monoisotopic (exact) mass is 310 g/mol. The summed E-state index contributed by atoms with van der Waals surface area (Å²) in [5.74, 6) is -1.53. The van der Waals surface area contributed by atoms with Gasteiger partial charge in [0.25, 0.3) is 0 Å². The van der Waals surface area contributed by atoms with Gasteiger partial charge >= 0.3 is 11.8 Å². The Labute approximate surface area is 131 Å². The highest BCUT2D eigenvalue weighted by atomic mass is 16.7. The standard InChI is InChI=1S/C16H26N2O4/c19-14(15(20)18-12-6-2-3-7-12)17-10-13-11-21-16(22-13)8-4-1-5-9-16/h12-13H,1-11H2,(H,17,19)(H,18,20). The lowest BCUT2D eigenvalue weighted by Gasteiger charge is -2.31. The van der Waals surface area contributed by atoms with Crippen molar-refractivity contribution in [1.82, 2.24) is 10.6 Å². The van der Waals surface area contributed by atoms with E-state index >= 15 is 0 Å². The zero-order valence-electron chi connectivity index (χ0n) is 13.1. The van der Waals surface area contributed by atoms with E-state index in [0.717, 1.165) is 51.4 Å². The van der Waals surface area contributed by atoms with E-state index in [1.165, 1.54) is 6.42 Å². The van der Waals surface area contributed by atoms with Crippen LogP contribution < -0.4 is 10.6 Å². The van der Waals surface area contributed by atoms with Crippen LogP contribution in [-0.4, -0.2) is 42.9 Å². The van der Waals surface area contributed by atoms with Crippen LogP contribution in [0, 0.1) is 0 Å². The maximum atomic E-state index is 11.8. The molecule has 22 heavy (non-hydrogen) atoms. The summed E-state index contributed by atoms with van der Waals surface area (Å²) in [6.45, 7) is 0.823. The van der Waals surface area contributed by atoms with E-state index in [1.54, 1.807) is 0 Å². The third kappa shape index (κ3) is 3.79. The summed E-state index contributed by atoms with van der Waals surface area (Å²) < 4.78 is 11.8. The van der Waals surface area contributed by atoms with Crippen LogP contribution in [0.1, 0.15) is 57.8 Å². The van der Waals surface area contributed by atoms with Gasteiger partial charge in [0.05, 0.1) is 6.61 Å². The van der Waals surface area contributed by atoms with Gasteiger partial charge in [-0.15, -0.1) is 0 Å². The fraction of sp³-hybridized carbons (Fsp3) is 0.875. The van der Waals surface area contributed by atoms with E-state index in [2.05, 4.69) is 10.6 Å². The van der Waals surface area contributed by atoms with Gasteiger partial charge < -0.3 is 20.1 Å². The molecule has 1 heterocycles. The smallest absolute Gasteiger partial charge is 0.309 e. The molecule has 1 spiro atoms. The van der Waals surface area contributed by atoms with Crippen molar-refractivity contribution >= 4 is 11.8 Å². The molecule has 0 bridgehead atoms. The van der Waals surface area contributed by atoms with Crippen LogP contribution in [-0.2, 0) is 19.1 Å². The highest BCUT2D eigenvalue weighted by molar-refractivity contribution is 6.35. The highest BCUT2D eigenvalue weighted by Crippen LogP contribution is 2.37. The van der Waals surface area contributed by atoms with Crippen molar-refractivity contribution < 1.29 is 19.1 Å². The normalized spacial score (nSPS) is 27.9. The molecule has 1 unspecified atom stereocenters. The molecule has 0 radical (unpaired) electrons. The second-order valence-electron chi connectivity index (χ2n) is 6.69. The predicted molar refractivity (Wildman–Crippen MR) is 80.0 cm³/mol. The number of carbonyl (C=O) groups excluding carboxylic acids is 2. The second kappa shape index (κ2) is 6.96. The Kier molecular flexibility index (Phi) is 4.98. The van der Waals surface area contributed by atoms with Crippen molar-refractivity contribution in [2.45, 2.75) is 75.7 Å². The van der Waals surface area contributed by atoms with E-state index in [9.17, 15) is 9.59 Å². The van der Waals surface area contributed by atoms with Crippen molar-refractivity contribution in [2.75, 3.05) is 13.2 Å². The molecule has 0 aromatic rings. The second-order valence-corrected chi connectivity index (χ2v) is 6.69. The summed E-state index contributed by atoms with van der Waals surface area (Å²) >= 11 is 0. The minimum absolute atomic E-state index is 0.152. The topological polar surface area (TPSA) is 76.7 Å². The lowest BCUT2D eigenvalue weighted by Crippen LogP contribution is -2.46. The molecule has 0 aromatic heterocycles. The molecule has 3 fully saturated rings. The summed E-state index contributed by atoms with van der Waals surface area (Å²) in [7, 11) is 0. The summed E-state index contributed by atoms with van der Waals surface area (Å²) in [6, 6.07) is 0.162. The fourth-order valence-electron chi connectivity index (χ4n) is 3.68. The molecule has 1 atom stereocenters. The lowest BCUT2D eigenvalue weighted by atomic mass is 9.94. The Morgan fingerprint density at radius 2 is 1.73 bits per heavy atom. The third-order valence-electron chi connectivity index (χ3n) is 4.92. The Morgan fingerprint density at radius 1 is 1.00 bits per heavy atom. The maximum Gasteiger partial charge on any atom is 0.309 e. The number of amides is 2. The molecular formula is C16H26N2O4. The van der Waals surface area contributed by atoms with Crippen LogP contribution in [0.5, 0.6) is 0 Å².